The van der Waals surface area contributed by atoms with Gasteiger partial charge in [0.1, 0.15) is 10.7 Å². The molecule has 2 aromatic rings. The van der Waals surface area contributed by atoms with Gasteiger partial charge in [-0.3, -0.25) is 9.78 Å². The fourth-order valence-corrected chi connectivity index (χ4v) is 1.99. The lowest BCUT2D eigenvalue weighted by molar-refractivity contribution is 0.102. The van der Waals surface area contributed by atoms with Crippen LogP contribution in [0, 0.1) is 6.92 Å². The van der Waals surface area contributed by atoms with E-state index in [1.54, 1.807) is 30.3 Å². The van der Waals surface area contributed by atoms with Gasteiger partial charge < -0.3 is 15.8 Å². The summed E-state index contributed by atoms with van der Waals surface area (Å²) in [5.74, 6) is 0.193. The Morgan fingerprint density at radius 2 is 2.10 bits per heavy atom. The first kappa shape index (κ1) is 14.9. The Morgan fingerprint density at radius 3 is 2.67 bits per heavy atom. The second-order valence-corrected chi connectivity index (χ2v) is 4.83. The van der Waals surface area contributed by atoms with Crippen LogP contribution in [0.2, 0.25) is 0 Å². The Bertz CT molecular complexity index is 684. The molecule has 1 aromatic heterocycles. The summed E-state index contributed by atoms with van der Waals surface area (Å²) in [4.78, 5) is 16.6. The van der Waals surface area contributed by atoms with Crippen molar-refractivity contribution in [3.05, 3.63) is 53.3 Å². The first-order valence-corrected chi connectivity index (χ1v) is 6.64. The monoisotopic (exact) mass is 301 g/mol. The van der Waals surface area contributed by atoms with Crippen LogP contribution in [-0.4, -0.2) is 23.0 Å². The van der Waals surface area contributed by atoms with Crippen LogP contribution in [0.15, 0.2) is 36.5 Å². The lowest BCUT2D eigenvalue weighted by Crippen LogP contribution is -2.18. The Balaban J connectivity index is 2.36. The van der Waals surface area contributed by atoms with Gasteiger partial charge in [-0.2, -0.15) is 0 Å². The smallest absolute Gasteiger partial charge is 0.257 e. The van der Waals surface area contributed by atoms with Gasteiger partial charge in [-0.15, -0.1) is 0 Å². The molecule has 21 heavy (non-hydrogen) atoms. The molecule has 6 heteroatoms. The van der Waals surface area contributed by atoms with Crippen LogP contribution in [0.4, 0.5) is 5.69 Å². The lowest BCUT2D eigenvalue weighted by atomic mass is 10.1. The lowest BCUT2D eigenvalue weighted by Gasteiger charge is -2.14. The van der Waals surface area contributed by atoms with E-state index in [0.29, 0.717) is 22.6 Å². The number of benzene rings is 1. The molecule has 0 aliphatic heterocycles. The van der Waals surface area contributed by atoms with Gasteiger partial charge in [0.2, 0.25) is 0 Å². The molecule has 3 N–H and O–H groups in total. The van der Waals surface area contributed by atoms with Crippen LogP contribution in [0.3, 0.4) is 0 Å². The maximum Gasteiger partial charge on any atom is 0.257 e. The fourth-order valence-electron chi connectivity index (χ4n) is 1.82. The van der Waals surface area contributed by atoms with Gasteiger partial charge in [0, 0.05) is 17.5 Å². The normalized spacial score (nSPS) is 10.0. The highest BCUT2D eigenvalue weighted by molar-refractivity contribution is 7.80. The summed E-state index contributed by atoms with van der Waals surface area (Å²) >= 11 is 5.00. The third-order valence-corrected chi connectivity index (χ3v) is 3.14. The summed E-state index contributed by atoms with van der Waals surface area (Å²) in [7, 11) is 1.52. The van der Waals surface area contributed by atoms with Crippen LogP contribution >= 0.6 is 12.2 Å². The Hall–Kier alpha value is -2.47. The number of nitrogens with one attached hydrogen (secondary N) is 1. The predicted octanol–water partition coefficient (Wildman–Crippen LogP) is 2.29. The second-order valence-electron chi connectivity index (χ2n) is 4.39. The van der Waals surface area contributed by atoms with E-state index in [4.69, 9.17) is 22.7 Å². The number of nitrogens with zero attached hydrogens (tertiary/aromatic N) is 1. The summed E-state index contributed by atoms with van der Waals surface area (Å²) in [5, 5.41) is 2.78. The number of carbonyl (C=O) groups is 1. The van der Waals surface area contributed by atoms with E-state index < -0.39 is 0 Å². The summed E-state index contributed by atoms with van der Waals surface area (Å²) in [6.45, 7) is 1.85. The minimum absolute atomic E-state index is 0.186. The van der Waals surface area contributed by atoms with Gasteiger partial charge in [0.05, 0.1) is 18.4 Å². The highest BCUT2D eigenvalue weighted by Gasteiger charge is 2.15. The van der Waals surface area contributed by atoms with Crippen molar-refractivity contribution in [2.45, 2.75) is 6.92 Å². The van der Waals surface area contributed by atoms with E-state index in [0.717, 1.165) is 5.69 Å². The Labute approximate surface area is 128 Å². The van der Waals surface area contributed by atoms with E-state index in [1.165, 1.54) is 13.3 Å². The van der Waals surface area contributed by atoms with Gasteiger partial charge >= 0.3 is 0 Å². The average molecular weight is 301 g/mol. The molecule has 0 saturated carbocycles. The number of para-hydroxylation sites is 1. The van der Waals surface area contributed by atoms with E-state index in [-0.39, 0.29) is 10.9 Å². The number of thiocarbonyl (C=S) groups is 1. The first-order chi connectivity index (χ1) is 10.0. The highest BCUT2D eigenvalue weighted by Crippen LogP contribution is 2.28. The Kier molecular flexibility index (Phi) is 4.49. The minimum atomic E-state index is -0.301. The molecule has 1 heterocycles. The number of ether oxygens (including phenoxy) is 1. The number of amides is 1. The fraction of sp³-hybridized carbons (Fsp3) is 0.133. The van der Waals surface area contributed by atoms with Crippen molar-refractivity contribution in [2.24, 2.45) is 5.73 Å². The van der Waals surface area contributed by atoms with Crippen LogP contribution in [0.5, 0.6) is 5.75 Å². The second kappa shape index (κ2) is 6.32. The molecule has 0 aliphatic rings. The van der Waals surface area contributed by atoms with Crippen molar-refractivity contribution >= 4 is 28.8 Å². The van der Waals surface area contributed by atoms with E-state index in [9.17, 15) is 4.79 Å². The summed E-state index contributed by atoms with van der Waals surface area (Å²) < 4.78 is 5.25. The number of aromatic nitrogens is 1. The molecular weight excluding hydrogens is 286 g/mol. The third kappa shape index (κ3) is 3.35. The van der Waals surface area contributed by atoms with Crippen molar-refractivity contribution in [1.82, 2.24) is 4.98 Å². The van der Waals surface area contributed by atoms with E-state index in [1.807, 2.05) is 6.92 Å². The van der Waals surface area contributed by atoms with Gasteiger partial charge in [-0.1, -0.05) is 18.3 Å². The molecular formula is C15H15N3O2S. The molecule has 5 nitrogen and oxygen atoms in total. The third-order valence-electron chi connectivity index (χ3n) is 2.92. The maximum absolute atomic E-state index is 12.3. The molecule has 0 bridgehead atoms. The highest BCUT2D eigenvalue weighted by atomic mass is 32.1. The van der Waals surface area contributed by atoms with E-state index >= 15 is 0 Å². The number of rotatable bonds is 4. The van der Waals surface area contributed by atoms with Gasteiger partial charge in [-0.05, 0) is 31.2 Å². The molecule has 1 amide bonds. The Morgan fingerprint density at radius 1 is 1.33 bits per heavy atom. The molecule has 0 saturated heterocycles. The number of pyridine rings is 1. The number of methoxy groups -OCH3 is 1. The summed E-state index contributed by atoms with van der Waals surface area (Å²) in [5.41, 5.74) is 7.98. The van der Waals surface area contributed by atoms with Crippen molar-refractivity contribution in [3.8, 4) is 5.75 Å². The first-order valence-electron chi connectivity index (χ1n) is 6.23. The minimum Gasteiger partial charge on any atom is -0.495 e. The molecule has 0 spiro atoms. The maximum atomic E-state index is 12.3. The zero-order valence-corrected chi connectivity index (χ0v) is 12.5. The van der Waals surface area contributed by atoms with Crippen molar-refractivity contribution in [3.63, 3.8) is 0 Å². The largest absolute Gasteiger partial charge is 0.495 e. The van der Waals surface area contributed by atoms with Crippen molar-refractivity contribution in [2.75, 3.05) is 12.4 Å². The summed E-state index contributed by atoms with van der Waals surface area (Å²) in [6, 6.07) is 8.69. The SMILES string of the molecule is COc1cccc(C(N)=S)c1NC(=O)c1ccc(C)nc1. The van der Waals surface area contributed by atoms with Gasteiger partial charge in [-0.25, -0.2) is 0 Å². The zero-order valence-electron chi connectivity index (χ0n) is 11.7. The zero-order chi connectivity index (χ0) is 15.4. The van der Waals surface area contributed by atoms with Crippen LogP contribution in [-0.2, 0) is 0 Å². The number of nitrogens with two attached hydrogens (primary N) is 1. The van der Waals surface area contributed by atoms with Crippen LogP contribution in [0.1, 0.15) is 21.6 Å². The number of hydrogen-bond acceptors (Lipinski definition) is 4. The number of aryl methyl sites for hydroxylation is 1. The quantitative estimate of drug-likeness (QED) is 0.847. The van der Waals surface area contributed by atoms with Gasteiger partial charge in [0.15, 0.2) is 0 Å². The predicted molar refractivity (Wildman–Crippen MR) is 85.8 cm³/mol. The number of carbonyl (C=O) groups excluding carboxylic acids is 1. The van der Waals surface area contributed by atoms with Crippen LogP contribution in [0.25, 0.3) is 0 Å². The molecule has 0 radical (unpaired) electrons. The number of anilines is 1. The van der Waals surface area contributed by atoms with Crippen molar-refractivity contribution < 1.29 is 9.53 Å². The molecule has 0 atom stereocenters. The number of hydrogen-bond donors (Lipinski definition) is 2. The van der Waals surface area contributed by atoms with Crippen LogP contribution < -0.4 is 15.8 Å². The molecule has 108 valence electrons. The van der Waals surface area contributed by atoms with Crippen molar-refractivity contribution in [1.29, 1.82) is 0 Å². The standard InChI is InChI=1S/C15H15N3O2S/c1-9-6-7-10(8-17-9)15(19)18-13-11(14(16)21)4-3-5-12(13)20-2/h3-8H,1-2H3,(H2,16,21)(H,18,19). The average Bonchev–Trinajstić information content (AvgIpc) is 2.47. The molecule has 2 rings (SSSR count). The summed E-state index contributed by atoms with van der Waals surface area (Å²) in [6.07, 6.45) is 1.51. The molecule has 0 fully saturated rings. The van der Waals surface area contributed by atoms with E-state index in [2.05, 4.69) is 10.3 Å². The molecule has 1 aromatic carbocycles. The van der Waals surface area contributed by atoms with Gasteiger partial charge in [0.25, 0.3) is 5.91 Å². The molecule has 0 unspecified atom stereocenters. The topological polar surface area (TPSA) is 77.2 Å². The molecule has 0 aliphatic carbocycles.